The molecule has 1 aromatic carbocycles. The van der Waals surface area contributed by atoms with Crippen molar-refractivity contribution in [1.82, 2.24) is 20.9 Å². The largest absolute Gasteiger partial charge is 0.382 e. The molecule has 0 aromatic heterocycles. The van der Waals surface area contributed by atoms with Gasteiger partial charge in [0.2, 0.25) is 5.91 Å². The second-order valence-electron chi connectivity index (χ2n) is 6.85. The minimum atomic E-state index is -0.123. The number of hydrogen-bond acceptors (Lipinski definition) is 5. The zero-order valence-electron chi connectivity index (χ0n) is 18.3. The van der Waals surface area contributed by atoms with Gasteiger partial charge in [0.25, 0.3) is 5.91 Å². The maximum absolute atomic E-state index is 12.5. The normalized spacial score (nSPS) is 13.9. The quantitative estimate of drug-likeness (QED) is 0.165. The highest BCUT2D eigenvalue weighted by molar-refractivity contribution is 14.0. The molecule has 9 nitrogen and oxygen atoms in total. The standard InChI is InChI=1S/C21H33N5O4.HI/c1-3-22-21(24-9-4-12-30-14-13-29-2)25-15-17-5-7-18(8-6-17)20(28)26-11-10-23-19(27)16-26;/h5-8H,3-4,9-16H2,1-2H3,(H,23,27)(H2,22,24,25);1H. The van der Waals surface area contributed by atoms with Gasteiger partial charge >= 0.3 is 0 Å². The molecule has 1 fully saturated rings. The Hall–Kier alpha value is -1.92. The fourth-order valence-corrected chi connectivity index (χ4v) is 2.88. The van der Waals surface area contributed by atoms with E-state index in [1.807, 2.05) is 19.1 Å². The molecule has 0 unspecified atom stereocenters. The van der Waals surface area contributed by atoms with E-state index in [0.29, 0.717) is 45.0 Å². The average molecular weight is 547 g/mol. The topological polar surface area (TPSA) is 104 Å². The van der Waals surface area contributed by atoms with E-state index in [1.54, 1.807) is 24.1 Å². The molecule has 3 N–H and O–H groups in total. The Labute approximate surface area is 201 Å². The summed E-state index contributed by atoms with van der Waals surface area (Å²) < 4.78 is 10.4. The van der Waals surface area contributed by atoms with Crippen LogP contribution in [0.3, 0.4) is 0 Å². The van der Waals surface area contributed by atoms with Crippen molar-refractivity contribution >= 4 is 41.8 Å². The number of halogens is 1. The van der Waals surface area contributed by atoms with Crippen LogP contribution in [0.25, 0.3) is 0 Å². The van der Waals surface area contributed by atoms with Gasteiger partial charge in [0, 0.05) is 45.5 Å². The third-order valence-electron chi connectivity index (χ3n) is 4.48. The first kappa shape index (κ1) is 27.1. The van der Waals surface area contributed by atoms with Crippen LogP contribution >= 0.6 is 24.0 Å². The van der Waals surface area contributed by atoms with Gasteiger partial charge in [-0.2, -0.15) is 0 Å². The van der Waals surface area contributed by atoms with Gasteiger partial charge in [0.05, 0.1) is 26.3 Å². The van der Waals surface area contributed by atoms with E-state index in [9.17, 15) is 9.59 Å². The summed E-state index contributed by atoms with van der Waals surface area (Å²) >= 11 is 0. The molecule has 1 saturated heterocycles. The lowest BCUT2D eigenvalue weighted by Crippen LogP contribution is -2.49. The summed E-state index contributed by atoms with van der Waals surface area (Å²) in [7, 11) is 1.66. The molecule has 31 heavy (non-hydrogen) atoms. The average Bonchev–Trinajstić information content (AvgIpc) is 2.76. The van der Waals surface area contributed by atoms with Crippen LogP contribution in [0.4, 0.5) is 0 Å². The van der Waals surface area contributed by atoms with Crippen molar-refractivity contribution in [2.24, 2.45) is 4.99 Å². The fraction of sp³-hybridized carbons (Fsp3) is 0.571. The molecule has 0 radical (unpaired) electrons. The van der Waals surface area contributed by atoms with Crippen LogP contribution in [0.15, 0.2) is 29.3 Å². The number of amides is 2. The predicted octanol–water partition coefficient (Wildman–Crippen LogP) is 0.985. The molecule has 1 aromatic rings. The van der Waals surface area contributed by atoms with Crippen LogP contribution in [0.1, 0.15) is 29.3 Å². The number of ether oxygens (including phenoxy) is 2. The van der Waals surface area contributed by atoms with E-state index >= 15 is 0 Å². The van der Waals surface area contributed by atoms with Crippen molar-refractivity contribution < 1.29 is 19.1 Å². The van der Waals surface area contributed by atoms with Gasteiger partial charge in [-0.3, -0.25) is 9.59 Å². The number of nitrogens with zero attached hydrogens (tertiary/aromatic N) is 2. The number of rotatable bonds is 11. The molecule has 2 rings (SSSR count). The molecule has 1 aliphatic heterocycles. The van der Waals surface area contributed by atoms with Gasteiger partial charge < -0.3 is 30.3 Å². The second-order valence-corrected chi connectivity index (χ2v) is 6.85. The number of carbonyl (C=O) groups is 2. The summed E-state index contributed by atoms with van der Waals surface area (Å²) in [5.41, 5.74) is 1.58. The Morgan fingerprint density at radius 3 is 2.65 bits per heavy atom. The van der Waals surface area contributed by atoms with Gasteiger partial charge in [-0.15, -0.1) is 24.0 Å². The first-order valence-corrected chi connectivity index (χ1v) is 10.4. The van der Waals surface area contributed by atoms with Gasteiger partial charge in [-0.05, 0) is 31.0 Å². The summed E-state index contributed by atoms with van der Waals surface area (Å²) in [5.74, 6) is 0.502. The molecule has 0 spiro atoms. The summed E-state index contributed by atoms with van der Waals surface area (Å²) in [5, 5.41) is 9.23. The molecule has 174 valence electrons. The van der Waals surface area contributed by atoms with Gasteiger partial charge in [0.15, 0.2) is 5.96 Å². The summed E-state index contributed by atoms with van der Waals surface area (Å²) in [6, 6.07) is 7.37. The molecule has 0 saturated carbocycles. The predicted molar refractivity (Wildman–Crippen MR) is 131 cm³/mol. The van der Waals surface area contributed by atoms with Crippen molar-refractivity contribution in [2.75, 3.05) is 59.7 Å². The Morgan fingerprint density at radius 1 is 1.19 bits per heavy atom. The fourth-order valence-electron chi connectivity index (χ4n) is 2.88. The van der Waals surface area contributed by atoms with Crippen molar-refractivity contribution in [1.29, 1.82) is 0 Å². The van der Waals surface area contributed by atoms with E-state index in [2.05, 4.69) is 20.9 Å². The zero-order chi connectivity index (χ0) is 21.6. The van der Waals surface area contributed by atoms with E-state index in [0.717, 1.165) is 31.0 Å². The number of benzene rings is 1. The maximum atomic E-state index is 12.5. The number of nitrogens with one attached hydrogen (secondary N) is 3. The minimum Gasteiger partial charge on any atom is -0.382 e. The molecule has 0 bridgehead atoms. The minimum absolute atomic E-state index is 0. The summed E-state index contributed by atoms with van der Waals surface area (Å²) in [6.07, 6.45) is 0.874. The highest BCUT2D eigenvalue weighted by atomic mass is 127. The molecule has 1 heterocycles. The van der Waals surface area contributed by atoms with E-state index in [-0.39, 0.29) is 42.3 Å². The summed E-state index contributed by atoms with van der Waals surface area (Å²) in [4.78, 5) is 30.2. The first-order valence-electron chi connectivity index (χ1n) is 10.4. The van der Waals surface area contributed by atoms with Crippen molar-refractivity contribution in [3.8, 4) is 0 Å². The van der Waals surface area contributed by atoms with Crippen LogP contribution in [0.5, 0.6) is 0 Å². The second kappa shape index (κ2) is 15.8. The van der Waals surface area contributed by atoms with Crippen LogP contribution in [0.2, 0.25) is 0 Å². The molecule has 0 aliphatic carbocycles. The highest BCUT2D eigenvalue weighted by Gasteiger charge is 2.21. The molecular weight excluding hydrogens is 513 g/mol. The molecule has 0 atom stereocenters. The van der Waals surface area contributed by atoms with Crippen molar-refractivity contribution in [3.05, 3.63) is 35.4 Å². The third kappa shape index (κ3) is 10.3. The molecule has 10 heteroatoms. The summed E-state index contributed by atoms with van der Waals surface area (Å²) in [6.45, 7) is 7.07. The number of piperazine rings is 1. The highest BCUT2D eigenvalue weighted by Crippen LogP contribution is 2.10. The maximum Gasteiger partial charge on any atom is 0.254 e. The zero-order valence-corrected chi connectivity index (χ0v) is 20.6. The van der Waals surface area contributed by atoms with Crippen molar-refractivity contribution in [2.45, 2.75) is 19.9 Å². The smallest absolute Gasteiger partial charge is 0.254 e. The number of hydrogen-bond donors (Lipinski definition) is 3. The van der Waals surface area contributed by atoms with Crippen LogP contribution < -0.4 is 16.0 Å². The Kier molecular flexibility index (Phi) is 13.8. The number of guanidine groups is 1. The molecular formula is C21H34IN5O4. The Balaban J connectivity index is 0.00000480. The molecule has 2 amide bonds. The van der Waals surface area contributed by atoms with Crippen LogP contribution in [-0.4, -0.2) is 82.3 Å². The van der Waals surface area contributed by atoms with Gasteiger partial charge in [-0.1, -0.05) is 12.1 Å². The molecule has 1 aliphatic rings. The lowest BCUT2D eigenvalue weighted by molar-refractivity contribution is -0.123. The SMILES string of the molecule is CCNC(=NCc1ccc(C(=O)N2CCNC(=O)C2)cc1)NCCCOCCOC.I. The number of aliphatic imine (C=N–C) groups is 1. The first-order chi connectivity index (χ1) is 14.6. The van der Waals surface area contributed by atoms with Crippen LogP contribution in [0, 0.1) is 0 Å². The van der Waals surface area contributed by atoms with Crippen molar-refractivity contribution in [3.63, 3.8) is 0 Å². The monoisotopic (exact) mass is 547 g/mol. The Bertz CT molecular complexity index is 700. The Morgan fingerprint density at radius 2 is 1.97 bits per heavy atom. The van der Waals surface area contributed by atoms with E-state index in [4.69, 9.17) is 9.47 Å². The van der Waals surface area contributed by atoms with E-state index < -0.39 is 0 Å². The lowest BCUT2D eigenvalue weighted by Gasteiger charge is -2.26. The van der Waals surface area contributed by atoms with Crippen LogP contribution in [-0.2, 0) is 20.8 Å². The third-order valence-corrected chi connectivity index (χ3v) is 4.48. The van der Waals surface area contributed by atoms with E-state index in [1.165, 1.54) is 0 Å². The lowest BCUT2D eigenvalue weighted by atomic mass is 10.1. The number of carbonyl (C=O) groups excluding carboxylic acids is 2. The van der Waals surface area contributed by atoms with Gasteiger partial charge in [-0.25, -0.2) is 4.99 Å². The number of methoxy groups -OCH3 is 1. The van der Waals surface area contributed by atoms with Gasteiger partial charge in [0.1, 0.15) is 0 Å².